The molecule has 0 fully saturated rings. The van der Waals surface area contributed by atoms with Gasteiger partial charge in [0.1, 0.15) is 0 Å². The van der Waals surface area contributed by atoms with Gasteiger partial charge in [0.25, 0.3) is 0 Å². The van der Waals surface area contributed by atoms with Crippen LogP contribution in [0, 0.1) is 6.92 Å². The van der Waals surface area contributed by atoms with Crippen LogP contribution < -0.4 is 5.73 Å². The first-order valence-corrected chi connectivity index (χ1v) is 5.70. The number of thiazole rings is 1. The fourth-order valence-electron chi connectivity index (χ4n) is 1.46. The molecule has 0 spiro atoms. The first-order valence-electron chi connectivity index (χ1n) is 4.09. The van der Waals surface area contributed by atoms with Crippen LogP contribution in [0.15, 0.2) is 10.5 Å². The molecule has 0 aliphatic heterocycles. The van der Waals surface area contributed by atoms with Crippen LogP contribution in [0.4, 0.5) is 5.13 Å². The normalized spacial score (nSPS) is 10.8. The van der Waals surface area contributed by atoms with E-state index in [1.165, 1.54) is 11.3 Å². The SMILES string of the molecule is Cc1c(C(=O)O)c(Br)cc2sc(N)nc12. The molecule has 0 aliphatic rings. The average molecular weight is 287 g/mol. The molecule has 0 aliphatic carbocycles. The van der Waals surface area contributed by atoms with Gasteiger partial charge >= 0.3 is 5.97 Å². The van der Waals surface area contributed by atoms with Gasteiger partial charge in [-0.3, -0.25) is 0 Å². The molecular weight excluding hydrogens is 280 g/mol. The number of aromatic carboxylic acids is 1. The second-order valence-electron chi connectivity index (χ2n) is 3.06. The van der Waals surface area contributed by atoms with Crippen LogP contribution in [0.25, 0.3) is 10.2 Å². The summed E-state index contributed by atoms with van der Waals surface area (Å²) in [6.45, 7) is 1.73. The molecule has 1 heterocycles. The van der Waals surface area contributed by atoms with Gasteiger partial charge in [0.2, 0.25) is 0 Å². The van der Waals surface area contributed by atoms with Gasteiger partial charge in [0.15, 0.2) is 5.13 Å². The maximum absolute atomic E-state index is 11.0. The molecule has 2 rings (SSSR count). The van der Waals surface area contributed by atoms with Crippen molar-refractivity contribution in [3.05, 3.63) is 21.7 Å². The van der Waals surface area contributed by atoms with E-state index in [0.29, 0.717) is 20.7 Å². The van der Waals surface area contributed by atoms with Gasteiger partial charge in [-0.05, 0) is 34.5 Å². The number of nitrogen functional groups attached to an aromatic ring is 1. The van der Waals surface area contributed by atoms with Gasteiger partial charge in [-0.2, -0.15) is 0 Å². The highest BCUT2D eigenvalue weighted by atomic mass is 79.9. The summed E-state index contributed by atoms with van der Waals surface area (Å²) in [4.78, 5) is 15.1. The third-order valence-electron chi connectivity index (χ3n) is 2.11. The van der Waals surface area contributed by atoms with Gasteiger partial charge in [-0.1, -0.05) is 11.3 Å². The fourth-order valence-corrected chi connectivity index (χ4v) is 3.14. The van der Waals surface area contributed by atoms with Crippen molar-refractivity contribution in [2.45, 2.75) is 6.92 Å². The Hall–Kier alpha value is -1.14. The van der Waals surface area contributed by atoms with E-state index in [4.69, 9.17) is 10.8 Å². The number of anilines is 1. The van der Waals surface area contributed by atoms with E-state index in [2.05, 4.69) is 20.9 Å². The number of hydrogen-bond donors (Lipinski definition) is 2. The number of nitrogens with zero attached hydrogens (tertiary/aromatic N) is 1. The molecule has 3 N–H and O–H groups in total. The lowest BCUT2D eigenvalue weighted by Crippen LogP contribution is -2.01. The van der Waals surface area contributed by atoms with Gasteiger partial charge in [0.05, 0.1) is 15.8 Å². The number of aryl methyl sites for hydroxylation is 1. The van der Waals surface area contributed by atoms with Crippen molar-refractivity contribution in [2.24, 2.45) is 0 Å². The van der Waals surface area contributed by atoms with Crippen LogP contribution in [0.5, 0.6) is 0 Å². The van der Waals surface area contributed by atoms with Crippen LogP contribution >= 0.6 is 27.3 Å². The predicted molar refractivity (Wildman–Crippen MR) is 63.4 cm³/mol. The summed E-state index contributed by atoms with van der Waals surface area (Å²) in [5.41, 5.74) is 7.13. The van der Waals surface area contributed by atoms with Crippen molar-refractivity contribution >= 4 is 48.6 Å². The molecule has 1 aromatic heterocycles. The molecule has 0 atom stereocenters. The molecule has 0 amide bonds. The van der Waals surface area contributed by atoms with E-state index in [1.807, 2.05) is 0 Å². The van der Waals surface area contributed by atoms with E-state index in [9.17, 15) is 4.79 Å². The molecule has 0 radical (unpaired) electrons. The number of carbonyl (C=O) groups is 1. The first kappa shape index (κ1) is 10.4. The summed E-state index contributed by atoms with van der Waals surface area (Å²) >= 11 is 4.58. The van der Waals surface area contributed by atoms with Gasteiger partial charge < -0.3 is 10.8 Å². The second-order valence-corrected chi connectivity index (χ2v) is 4.98. The molecule has 0 unspecified atom stereocenters. The molecule has 15 heavy (non-hydrogen) atoms. The summed E-state index contributed by atoms with van der Waals surface area (Å²) in [5, 5.41) is 9.47. The quantitative estimate of drug-likeness (QED) is 0.845. The Morgan fingerprint density at radius 2 is 2.33 bits per heavy atom. The Morgan fingerprint density at radius 1 is 1.67 bits per heavy atom. The van der Waals surface area contributed by atoms with Crippen molar-refractivity contribution in [3.63, 3.8) is 0 Å². The Balaban J connectivity index is 2.89. The van der Waals surface area contributed by atoms with E-state index < -0.39 is 5.97 Å². The van der Waals surface area contributed by atoms with E-state index in [-0.39, 0.29) is 5.56 Å². The Kier molecular flexibility index (Phi) is 2.40. The molecule has 0 bridgehead atoms. The Labute approximate surface area is 97.9 Å². The van der Waals surface area contributed by atoms with Crippen molar-refractivity contribution in [1.29, 1.82) is 0 Å². The standard InChI is InChI=1S/C9H7BrN2O2S/c1-3-6(8(13)14)4(10)2-5-7(3)12-9(11)15-5/h2H,1H3,(H2,11,12)(H,13,14). The Morgan fingerprint density at radius 3 is 2.93 bits per heavy atom. The number of carboxylic acids is 1. The Bertz CT molecular complexity index is 565. The third kappa shape index (κ3) is 1.59. The number of rotatable bonds is 1. The van der Waals surface area contributed by atoms with E-state index >= 15 is 0 Å². The number of fused-ring (bicyclic) bond motifs is 1. The summed E-state index contributed by atoms with van der Waals surface area (Å²) in [5.74, 6) is -0.965. The maximum atomic E-state index is 11.0. The minimum absolute atomic E-state index is 0.243. The highest BCUT2D eigenvalue weighted by Gasteiger charge is 2.17. The summed E-state index contributed by atoms with van der Waals surface area (Å²) in [7, 11) is 0. The predicted octanol–water partition coefficient (Wildman–Crippen LogP) is 2.65. The van der Waals surface area contributed by atoms with E-state index in [0.717, 1.165) is 4.70 Å². The molecule has 1 aromatic carbocycles. The zero-order chi connectivity index (χ0) is 11.2. The van der Waals surface area contributed by atoms with Crippen LogP contribution in [0.2, 0.25) is 0 Å². The van der Waals surface area contributed by atoms with Crippen molar-refractivity contribution in [3.8, 4) is 0 Å². The minimum atomic E-state index is -0.965. The largest absolute Gasteiger partial charge is 0.478 e. The van der Waals surface area contributed by atoms with Gasteiger partial charge in [0, 0.05) is 4.47 Å². The van der Waals surface area contributed by atoms with Crippen LogP contribution in [0.1, 0.15) is 15.9 Å². The lowest BCUT2D eigenvalue weighted by Gasteiger charge is -2.03. The van der Waals surface area contributed by atoms with Crippen molar-refractivity contribution in [2.75, 3.05) is 5.73 Å². The molecule has 4 nitrogen and oxygen atoms in total. The molecule has 78 valence electrons. The third-order valence-corrected chi connectivity index (χ3v) is 3.57. The number of hydrogen-bond acceptors (Lipinski definition) is 4. The second kappa shape index (κ2) is 3.46. The molecule has 0 saturated heterocycles. The average Bonchev–Trinajstić information content (AvgIpc) is 2.45. The summed E-state index contributed by atoms with van der Waals surface area (Å²) in [6, 6.07) is 1.74. The van der Waals surface area contributed by atoms with Crippen LogP contribution in [-0.4, -0.2) is 16.1 Å². The summed E-state index contributed by atoms with van der Waals surface area (Å²) < 4.78 is 1.45. The maximum Gasteiger partial charge on any atom is 0.337 e. The molecule has 2 aromatic rings. The lowest BCUT2D eigenvalue weighted by molar-refractivity contribution is 0.0695. The minimum Gasteiger partial charge on any atom is -0.478 e. The van der Waals surface area contributed by atoms with Crippen LogP contribution in [0.3, 0.4) is 0 Å². The first-order chi connectivity index (χ1) is 7.00. The number of aromatic nitrogens is 1. The van der Waals surface area contributed by atoms with Gasteiger partial charge in [-0.15, -0.1) is 0 Å². The van der Waals surface area contributed by atoms with E-state index in [1.54, 1.807) is 13.0 Å². The van der Waals surface area contributed by atoms with Crippen molar-refractivity contribution in [1.82, 2.24) is 4.98 Å². The number of halogens is 1. The van der Waals surface area contributed by atoms with Crippen LogP contribution in [-0.2, 0) is 0 Å². The number of benzene rings is 1. The number of carboxylic acid groups (broad SMARTS) is 1. The monoisotopic (exact) mass is 286 g/mol. The fraction of sp³-hybridized carbons (Fsp3) is 0.111. The highest BCUT2D eigenvalue weighted by Crippen LogP contribution is 2.33. The molecular formula is C9H7BrN2O2S. The molecule has 6 heteroatoms. The highest BCUT2D eigenvalue weighted by molar-refractivity contribution is 9.10. The lowest BCUT2D eigenvalue weighted by atomic mass is 10.1. The zero-order valence-electron chi connectivity index (χ0n) is 7.74. The smallest absolute Gasteiger partial charge is 0.337 e. The number of nitrogens with two attached hydrogens (primary N) is 1. The summed E-state index contributed by atoms with van der Waals surface area (Å²) in [6.07, 6.45) is 0. The van der Waals surface area contributed by atoms with Gasteiger partial charge in [-0.25, -0.2) is 9.78 Å². The molecule has 0 saturated carbocycles. The topological polar surface area (TPSA) is 76.2 Å². The van der Waals surface area contributed by atoms with Crippen molar-refractivity contribution < 1.29 is 9.90 Å². The zero-order valence-corrected chi connectivity index (χ0v) is 10.1.